The lowest BCUT2D eigenvalue weighted by molar-refractivity contribution is -0.147. The quantitative estimate of drug-likeness (QED) is 0.745. The largest absolute Gasteiger partial charge is 0.481 e. The molecule has 2 N–H and O–H groups in total. The van der Waals surface area contributed by atoms with E-state index in [4.69, 9.17) is 5.11 Å². The van der Waals surface area contributed by atoms with Crippen LogP contribution in [0.2, 0.25) is 0 Å². The van der Waals surface area contributed by atoms with Crippen LogP contribution in [0.1, 0.15) is 26.7 Å². The molecule has 4 heteroatoms. The normalized spacial score (nSPS) is 25.5. The lowest BCUT2D eigenvalue weighted by Crippen LogP contribution is -2.34. The van der Waals surface area contributed by atoms with Crippen molar-refractivity contribution in [1.29, 1.82) is 0 Å². The molecular formula is C11H14O4. The Morgan fingerprint density at radius 2 is 2.00 bits per heavy atom. The summed E-state index contributed by atoms with van der Waals surface area (Å²) in [7, 11) is 0. The molecule has 0 aliphatic heterocycles. The Morgan fingerprint density at radius 1 is 1.40 bits per heavy atom. The number of carboxylic acids is 2. The van der Waals surface area contributed by atoms with E-state index < -0.39 is 17.4 Å². The van der Waals surface area contributed by atoms with Crippen LogP contribution in [-0.4, -0.2) is 22.2 Å². The monoisotopic (exact) mass is 210 g/mol. The van der Waals surface area contributed by atoms with Gasteiger partial charge in [-0.25, -0.2) is 4.79 Å². The van der Waals surface area contributed by atoms with Crippen molar-refractivity contribution in [3.63, 3.8) is 0 Å². The van der Waals surface area contributed by atoms with Crippen molar-refractivity contribution in [3.05, 3.63) is 23.3 Å². The molecule has 0 aromatic rings. The van der Waals surface area contributed by atoms with Crippen LogP contribution in [0.3, 0.4) is 0 Å². The second-order valence-corrected chi connectivity index (χ2v) is 3.76. The van der Waals surface area contributed by atoms with Crippen LogP contribution in [0.25, 0.3) is 0 Å². The molecule has 0 radical (unpaired) electrons. The number of aliphatic carboxylic acids is 2. The van der Waals surface area contributed by atoms with Gasteiger partial charge >= 0.3 is 11.9 Å². The van der Waals surface area contributed by atoms with E-state index in [-0.39, 0.29) is 12.0 Å². The van der Waals surface area contributed by atoms with Gasteiger partial charge in [-0.2, -0.15) is 0 Å². The van der Waals surface area contributed by atoms with Crippen LogP contribution in [0.15, 0.2) is 23.3 Å². The van der Waals surface area contributed by atoms with Gasteiger partial charge in [0.25, 0.3) is 0 Å². The number of rotatable bonds is 3. The minimum absolute atomic E-state index is 0.0660. The molecule has 1 aliphatic rings. The number of hydrogen-bond donors (Lipinski definition) is 2. The molecule has 0 amide bonds. The summed E-state index contributed by atoms with van der Waals surface area (Å²) in [6.07, 6.45) is 3.53. The van der Waals surface area contributed by atoms with Crippen molar-refractivity contribution in [1.82, 2.24) is 0 Å². The minimum atomic E-state index is -1.04. The molecule has 0 saturated heterocycles. The van der Waals surface area contributed by atoms with E-state index in [1.165, 1.54) is 6.08 Å². The van der Waals surface area contributed by atoms with Crippen LogP contribution < -0.4 is 0 Å². The van der Waals surface area contributed by atoms with Gasteiger partial charge in [-0.3, -0.25) is 4.79 Å². The summed E-state index contributed by atoms with van der Waals surface area (Å²) in [5.74, 6) is -2.00. The van der Waals surface area contributed by atoms with Crippen LogP contribution in [0, 0.1) is 5.41 Å². The van der Waals surface area contributed by atoms with E-state index in [0.717, 1.165) is 0 Å². The first-order chi connectivity index (χ1) is 6.94. The average Bonchev–Trinajstić information content (AvgIpc) is 2.18. The maximum atomic E-state index is 11.2. The van der Waals surface area contributed by atoms with Gasteiger partial charge < -0.3 is 10.2 Å². The van der Waals surface area contributed by atoms with Crippen molar-refractivity contribution >= 4 is 11.9 Å². The van der Waals surface area contributed by atoms with Gasteiger partial charge in [0.15, 0.2) is 0 Å². The molecule has 0 fully saturated rings. The van der Waals surface area contributed by atoms with E-state index in [1.54, 1.807) is 19.9 Å². The molecule has 15 heavy (non-hydrogen) atoms. The Bertz CT molecular complexity index is 365. The van der Waals surface area contributed by atoms with E-state index in [2.05, 4.69) is 0 Å². The summed E-state index contributed by atoms with van der Waals surface area (Å²) in [5.41, 5.74) is -0.171. The fourth-order valence-corrected chi connectivity index (χ4v) is 1.85. The smallest absolute Gasteiger partial charge is 0.331 e. The summed E-state index contributed by atoms with van der Waals surface area (Å²) >= 11 is 0. The molecule has 4 nitrogen and oxygen atoms in total. The first kappa shape index (κ1) is 11.5. The first-order valence-corrected chi connectivity index (χ1v) is 4.78. The molecule has 0 aromatic heterocycles. The van der Waals surface area contributed by atoms with Crippen molar-refractivity contribution in [2.75, 3.05) is 0 Å². The second-order valence-electron chi connectivity index (χ2n) is 3.76. The average molecular weight is 210 g/mol. The molecule has 1 unspecified atom stereocenters. The van der Waals surface area contributed by atoms with Crippen molar-refractivity contribution < 1.29 is 19.8 Å². The summed E-state index contributed by atoms with van der Waals surface area (Å²) in [6, 6.07) is 0. The minimum Gasteiger partial charge on any atom is -0.481 e. The Balaban J connectivity index is 3.15. The van der Waals surface area contributed by atoms with Gasteiger partial charge in [-0.05, 0) is 19.8 Å². The highest BCUT2D eigenvalue weighted by atomic mass is 16.4. The van der Waals surface area contributed by atoms with Gasteiger partial charge in [-0.1, -0.05) is 24.6 Å². The van der Waals surface area contributed by atoms with Gasteiger partial charge in [0.1, 0.15) is 0 Å². The number of hydrogen-bond acceptors (Lipinski definition) is 2. The fourth-order valence-electron chi connectivity index (χ4n) is 1.85. The van der Waals surface area contributed by atoms with E-state index in [0.29, 0.717) is 12.0 Å². The maximum Gasteiger partial charge on any atom is 0.331 e. The number of carboxylic acid groups (broad SMARTS) is 2. The number of allylic oxidation sites excluding steroid dienone is 2. The zero-order valence-electron chi connectivity index (χ0n) is 8.78. The molecule has 1 rings (SSSR count). The second kappa shape index (κ2) is 3.88. The Morgan fingerprint density at radius 3 is 2.40 bits per heavy atom. The predicted octanol–water partition coefficient (Wildman–Crippen LogP) is 1.83. The van der Waals surface area contributed by atoms with Crippen molar-refractivity contribution in [2.24, 2.45) is 5.41 Å². The van der Waals surface area contributed by atoms with Crippen LogP contribution >= 0.6 is 0 Å². The molecule has 0 bridgehead atoms. The molecule has 0 saturated carbocycles. The van der Waals surface area contributed by atoms with Crippen molar-refractivity contribution in [3.8, 4) is 0 Å². The first-order valence-electron chi connectivity index (χ1n) is 4.78. The fraction of sp³-hybridized carbons (Fsp3) is 0.455. The third-order valence-corrected chi connectivity index (χ3v) is 3.07. The van der Waals surface area contributed by atoms with Crippen LogP contribution in [0.4, 0.5) is 0 Å². The summed E-state index contributed by atoms with van der Waals surface area (Å²) < 4.78 is 0. The highest BCUT2D eigenvalue weighted by molar-refractivity contribution is 5.90. The zero-order valence-corrected chi connectivity index (χ0v) is 8.78. The number of carbonyl (C=O) groups is 2. The Labute approximate surface area is 87.9 Å². The van der Waals surface area contributed by atoms with Gasteiger partial charge in [0, 0.05) is 5.57 Å². The van der Waals surface area contributed by atoms with Gasteiger partial charge in [0.2, 0.25) is 0 Å². The van der Waals surface area contributed by atoms with Crippen LogP contribution in [-0.2, 0) is 9.59 Å². The molecule has 0 aromatic carbocycles. The standard InChI is InChI=1S/C11H14O4/c1-3-11(10(14)15)6-8(9(12)13)5-4-7(11)2/h4-5H,3,6H2,1-2H3,(H,12,13)(H,14,15). The zero-order chi connectivity index (χ0) is 11.6. The Kier molecular flexibility index (Phi) is 2.98. The summed E-state index contributed by atoms with van der Waals surface area (Å²) in [5, 5.41) is 18.0. The summed E-state index contributed by atoms with van der Waals surface area (Å²) in [4.78, 5) is 22.0. The maximum absolute atomic E-state index is 11.2. The van der Waals surface area contributed by atoms with Crippen LogP contribution in [0.5, 0.6) is 0 Å². The molecule has 82 valence electrons. The third-order valence-electron chi connectivity index (χ3n) is 3.07. The van der Waals surface area contributed by atoms with Gasteiger partial charge in [-0.15, -0.1) is 0 Å². The van der Waals surface area contributed by atoms with E-state index in [1.807, 2.05) is 0 Å². The molecule has 1 aliphatic carbocycles. The summed E-state index contributed by atoms with van der Waals surface area (Å²) in [6.45, 7) is 3.49. The molecule has 0 heterocycles. The molecular weight excluding hydrogens is 196 g/mol. The lowest BCUT2D eigenvalue weighted by atomic mass is 9.71. The molecule has 1 atom stereocenters. The van der Waals surface area contributed by atoms with Gasteiger partial charge in [0.05, 0.1) is 5.41 Å². The molecule has 0 spiro atoms. The topological polar surface area (TPSA) is 74.6 Å². The highest BCUT2D eigenvalue weighted by Gasteiger charge is 2.41. The Hall–Kier alpha value is -1.58. The third kappa shape index (κ3) is 1.79. The SMILES string of the molecule is CCC1(C(=O)O)CC(C(=O)O)=CC=C1C. The van der Waals surface area contributed by atoms with Crippen molar-refractivity contribution in [2.45, 2.75) is 26.7 Å². The van der Waals surface area contributed by atoms with E-state index in [9.17, 15) is 14.7 Å². The lowest BCUT2D eigenvalue weighted by Gasteiger charge is -2.31. The predicted molar refractivity (Wildman–Crippen MR) is 54.5 cm³/mol. The highest BCUT2D eigenvalue weighted by Crippen LogP contribution is 2.40. The van der Waals surface area contributed by atoms with E-state index >= 15 is 0 Å².